The summed E-state index contributed by atoms with van der Waals surface area (Å²) in [6.07, 6.45) is -1.95. The lowest BCUT2D eigenvalue weighted by molar-refractivity contribution is -0.137. The Bertz CT molecular complexity index is 851. The lowest BCUT2D eigenvalue weighted by Crippen LogP contribution is -2.06. The highest BCUT2D eigenvalue weighted by Gasteiger charge is 2.31. The van der Waals surface area contributed by atoms with Crippen molar-refractivity contribution in [1.82, 2.24) is 9.38 Å². The maximum Gasteiger partial charge on any atom is 0.417 e. The zero-order valence-electron chi connectivity index (χ0n) is 12.1. The van der Waals surface area contributed by atoms with Crippen LogP contribution in [0.1, 0.15) is 24.1 Å². The summed E-state index contributed by atoms with van der Waals surface area (Å²) in [5, 5.41) is -0.0433. The molecule has 120 valence electrons. The van der Waals surface area contributed by atoms with Crippen LogP contribution in [0.3, 0.4) is 0 Å². The highest BCUT2D eigenvalue weighted by atomic mass is 35.5. The highest BCUT2D eigenvalue weighted by Crippen LogP contribution is 2.33. The zero-order chi connectivity index (χ0) is 16.8. The third kappa shape index (κ3) is 3.04. The largest absolute Gasteiger partial charge is 0.417 e. The number of halogens is 4. The van der Waals surface area contributed by atoms with Crippen LogP contribution in [0.5, 0.6) is 0 Å². The van der Waals surface area contributed by atoms with E-state index in [1.165, 1.54) is 10.6 Å². The lowest BCUT2D eigenvalue weighted by Gasteiger charge is -2.07. The number of nitrogens with zero attached hydrogens (tertiary/aromatic N) is 2. The van der Waals surface area contributed by atoms with Gasteiger partial charge in [-0.3, -0.25) is 0 Å². The molecule has 2 N–H and O–H groups in total. The second kappa shape index (κ2) is 5.54. The monoisotopic (exact) mass is 339 g/mol. The van der Waals surface area contributed by atoms with Crippen LogP contribution in [-0.2, 0) is 6.18 Å². The highest BCUT2D eigenvalue weighted by molar-refractivity contribution is 6.33. The van der Waals surface area contributed by atoms with Gasteiger partial charge in [-0.15, -0.1) is 0 Å². The summed E-state index contributed by atoms with van der Waals surface area (Å²) < 4.78 is 39.8. The molecule has 1 unspecified atom stereocenters. The fraction of sp³-hybridized carbons (Fsp3) is 0.188. The second-order valence-electron chi connectivity index (χ2n) is 5.34. The minimum atomic E-state index is -4.46. The number of aromatic nitrogens is 2. The van der Waals surface area contributed by atoms with Gasteiger partial charge in [0.05, 0.1) is 16.3 Å². The number of pyridine rings is 1. The van der Waals surface area contributed by atoms with Crippen LogP contribution < -0.4 is 5.73 Å². The van der Waals surface area contributed by atoms with Gasteiger partial charge < -0.3 is 10.1 Å². The number of imidazole rings is 1. The summed E-state index contributed by atoms with van der Waals surface area (Å²) in [6, 6.07) is 8.19. The molecule has 7 heteroatoms. The van der Waals surface area contributed by atoms with Gasteiger partial charge in [0, 0.05) is 24.0 Å². The predicted molar refractivity (Wildman–Crippen MR) is 83.2 cm³/mol. The number of fused-ring (bicyclic) bond motifs is 1. The Kier molecular flexibility index (Phi) is 3.82. The van der Waals surface area contributed by atoms with Gasteiger partial charge in [-0.05, 0) is 18.6 Å². The molecule has 0 saturated heterocycles. The third-order valence-corrected chi connectivity index (χ3v) is 3.84. The number of benzene rings is 1. The van der Waals surface area contributed by atoms with Gasteiger partial charge in [0.15, 0.2) is 5.65 Å². The van der Waals surface area contributed by atoms with Crippen molar-refractivity contribution in [2.24, 2.45) is 5.73 Å². The predicted octanol–water partition coefficient (Wildman–Crippen LogP) is 4.69. The number of hydrogen-bond acceptors (Lipinski definition) is 2. The number of rotatable bonds is 2. The number of alkyl halides is 3. The summed E-state index contributed by atoms with van der Waals surface area (Å²) in [5.41, 5.74) is 7.56. The van der Waals surface area contributed by atoms with Gasteiger partial charge in [-0.25, -0.2) is 4.98 Å². The van der Waals surface area contributed by atoms with Gasteiger partial charge in [0.2, 0.25) is 0 Å². The Balaban J connectivity index is 2.08. The molecule has 0 radical (unpaired) electrons. The fourth-order valence-electron chi connectivity index (χ4n) is 2.31. The molecule has 3 nitrogen and oxygen atoms in total. The number of hydrogen-bond donors (Lipinski definition) is 1. The van der Waals surface area contributed by atoms with E-state index >= 15 is 0 Å². The van der Waals surface area contributed by atoms with E-state index in [4.69, 9.17) is 17.3 Å². The van der Waals surface area contributed by atoms with Crippen molar-refractivity contribution in [1.29, 1.82) is 0 Å². The molecular formula is C16H13ClF3N3. The quantitative estimate of drug-likeness (QED) is 0.735. The smallest absolute Gasteiger partial charge is 0.324 e. The van der Waals surface area contributed by atoms with Crippen molar-refractivity contribution >= 4 is 17.2 Å². The molecule has 0 spiro atoms. The van der Waals surface area contributed by atoms with Crippen molar-refractivity contribution in [3.63, 3.8) is 0 Å². The molecule has 0 bridgehead atoms. The molecule has 0 aliphatic carbocycles. The van der Waals surface area contributed by atoms with E-state index in [0.717, 1.165) is 23.4 Å². The Morgan fingerprint density at radius 2 is 1.83 bits per heavy atom. The van der Waals surface area contributed by atoms with Crippen LogP contribution in [0.15, 0.2) is 42.7 Å². The first-order chi connectivity index (χ1) is 10.8. The Morgan fingerprint density at radius 1 is 1.17 bits per heavy atom. The molecule has 2 heterocycles. The topological polar surface area (TPSA) is 43.3 Å². The maximum atomic E-state index is 12.8. The molecule has 0 fully saturated rings. The van der Waals surface area contributed by atoms with Crippen LogP contribution >= 0.6 is 11.6 Å². The van der Waals surface area contributed by atoms with E-state index in [1.807, 2.05) is 31.2 Å². The molecule has 1 aromatic carbocycles. The zero-order valence-corrected chi connectivity index (χ0v) is 12.9. The summed E-state index contributed by atoms with van der Waals surface area (Å²) in [6.45, 7) is 1.87. The van der Waals surface area contributed by atoms with Crippen molar-refractivity contribution in [2.75, 3.05) is 0 Å². The van der Waals surface area contributed by atoms with Crippen molar-refractivity contribution < 1.29 is 13.2 Å². The van der Waals surface area contributed by atoms with E-state index in [2.05, 4.69) is 4.98 Å². The van der Waals surface area contributed by atoms with E-state index in [9.17, 15) is 13.2 Å². The lowest BCUT2D eigenvalue weighted by atomic mass is 10.1. The molecule has 23 heavy (non-hydrogen) atoms. The average Bonchev–Trinajstić information content (AvgIpc) is 2.91. The van der Waals surface area contributed by atoms with E-state index in [1.54, 1.807) is 0 Å². The van der Waals surface area contributed by atoms with Gasteiger partial charge in [0.25, 0.3) is 0 Å². The standard InChI is InChI=1S/C16H13ClF3N3/c1-9(21)10-2-4-11(5-3-10)14-8-23-7-12(16(18,19)20)6-13(17)15(23)22-14/h2-9H,21H2,1H3. The first kappa shape index (κ1) is 15.8. The van der Waals surface area contributed by atoms with Crippen LogP contribution in [0.2, 0.25) is 5.02 Å². The first-order valence-corrected chi connectivity index (χ1v) is 7.25. The Hall–Kier alpha value is -2.05. The number of nitrogens with two attached hydrogens (primary N) is 1. The van der Waals surface area contributed by atoms with E-state index < -0.39 is 11.7 Å². The van der Waals surface area contributed by atoms with Crippen molar-refractivity contribution in [3.8, 4) is 11.3 Å². The van der Waals surface area contributed by atoms with Crippen LogP contribution in [0.4, 0.5) is 13.2 Å². The van der Waals surface area contributed by atoms with Gasteiger partial charge in [0.1, 0.15) is 0 Å². The van der Waals surface area contributed by atoms with Crippen molar-refractivity contribution in [2.45, 2.75) is 19.1 Å². The summed E-state index contributed by atoms with van der Waals surface area (Å²) in [7, 11) is 0. The van der Waals surface area contributed by atoms with Gasteiger partial charge >= 0.3 is 6.18 Å². The minimum Gasteiger partial charge on any atom is -0.324 e. The summed E-state index contributed by atoms with van der Waals surface area (Å²) in [4.78, 5) is 4.31. The summed E-state index contributed by atoms with van der Waals surface area (Å²) in [5.74, 6) is 0. The molecule has 0 saturated carbocycles. The summed E-state index contributed by atoms with van der Waals surface area (Å²) >= 11 is 5.94. The SMILES string of the molecule is CC(N)c1ccc(-c2cn3cc(C(F)(F)F)cc(Cl)c3n2)cc1. The molecular weight excluding hydrogens is 327 g/mol. The molecule has 2 aromatic heterocycles. The first-order valence-electron chi connectivity index (χ1n) is 6.87. The molecule has 3 rings (SSSR count). The van der Waals surface area contributed by atoms with Crippen LogP contribution in [0, 0.1) is 0 Å². The van der Waals surface area contributed by atoms with E-state index in [-0.39, 0.29) is 16.7 Å². The minimum absolute atomic E-state index is 0.0433. The fourth-order valence-corrected chi connectivity index (χ4v) is 2.57. The van der Waals surface area contributed by atoms with Crippen LogP contribution in [0.25, 0.3) is 16.9 Å². The van der Waals surface area contributed by atoms with Gasteiger partial charge in [-0.1, -0.05) is 35.9 Å². The van der Waals surface area contributed by atoms with E-state index in [0.29, 0.717) is 5.69 Å². The second-order valence-corrected chi connectivity index (χ2v) is 5.75. The third-order valence-electron chi connectivity index (χ3n) is 3.57. The molecule has 1 atom stereocenters. The molecule has 0 aliphatic rings. The average molecular weight is 340 g/mol. The molecule has 0 aliphatic heterocycles. The Labute approximate surface area is 135 Å². The molecule has 0 amide bonds. The molecule has 3 aromatic rings. The Morgan fingerprint density at radius 3 is 2.39 bits per heavy atom. The maximum absolute atomic E-state index is 12.8. The normalized spacial score (nSPS) is 13.5. The van der Waals surface area contributed by atoms with Gasteiger partial charge in [-0.2, -0.15) is 13.2 Å². The van der Waals surface area contributed by atoms with Crippen LogP contribution in [-0.4, -0.2) is 9.38 Å². The van der Waals surface area contributed by atoms with Crippen molar-refractivity contribution in [3.05, 3.63) is 58.9 Å².